The molecule has 0 aliphatic heterocycles. The minimum atomic E-state index is 0.245. The molecule has 0 aliphatic carbocycles. The van der Waals surface area contributed by atoms with Crippen LogP contribution in [0.15, 0.2) is 30.3 Å². The van der Waals surface area contributed by atoms with Gasteiger partial charge in [-0.1, -0.05) is 50.6 Å². The van der Waals surface area contributed by atoms with E-state index < -0.39 is 0 Å². The molecule has 0 radical (unpaired) electrons. The number of carbonyl (C=O) groups is 1. The van der Waals surface area contributed by atoms with Gasteiger partial charge in [0, 0.05) is 20.0 Å². The van der Waals surface area contributed by atoms with Crippen LogP contribution in [0.1, 0.15) is 44.6 Å². The fraction of sp³-hybridized carbons (Fsp3) is 0.533. The summed E-state index contributed by atoms with van der Waals surface area (Å²) in [5.74, 6) is 0.544. The molecule has 0 N–H and O–H groups in total. The van der Waals surface area contributed by atoms with Gasteiger partial charge in [0.2, 0.25) is 5.91 Å². The first-order valence-corrected chi connectivity index (χ1v) is 6.44. The number of hydrogen-bond donors (Lipinski definition) is 0. The van der Waals surface area contributed by atoms with E-state index >= 15 is 0 Å². The molecule has 1 unspecified atom stereocenters. The van der Waals surface area contributed by atoms with Crippen LogP contribution in [0.5, 0.6) is 0 Å². The Morgan fingerprint density at radius 2 is 1.94 bits per heavy atom. The van der Waals surface area contributed by atoms with E-state index in [2.05, 4.69) is 26.0 Å². The molecule has 0 aromatic heterocycles. The molecule has 1 aromatic rings. The zero-order chi connectivity index (χ0) is 12.7. The van der Waals surface area contributed by atoms with Crippen molar-refractivity contribution in [2.75, 3.05) is 13.6 Å². The molecule has 94 valence electrons. The van der Waals surface area contributed by atoms with Crippen LogP contribution < -0.4 is 0 Å². The molecule has 2 nitrogen and oxygen atoms in total. The van der Waals surface area contributed by atoms with Crippen molar-refractivity contribution in [3.63, 3.8) is 0 Å². The van der Waals surface area contributed by atoms with Crippen molar-refractivity contribution in [2.24, 2.45) is 0 Å². The number of benzene rings is 1. The summed E-state index contributed by atoms with van der Waals surface area (Å²) in [6.45, 7) is 5.13. The highest BCUT2D eigenvalue weighted by molar-refractivity contribution is 5.76. The highest BCUT2D eigenvalue weighted by atomic mass is 16.2. The molecule has 1 aromatic carbocycles. The quantitative estimate of drug-likeness (QED) is 0.737. The van der Waals surface area contributed by atoms with Crippen molar-refractivity contribution in [3.05, 3.63) is 35.9 Å². The first-order valence-electron chi connectivity index (χ1n) is 6.44. The molecule has 0 fully saturated rings. The molecule has 0 heterocycles. The van der Waals surface area contributed by atoms with Crippen molar-refractivity contribution in [1.82, 2.24) is 4.90 Å². The topological polar surface area (TPSA) is 20.3 Å². The summed E-state index contributed by atoms with van der Waals surface area (Å²) in [6.07, 6.45) is 2.82. The number of carbonyl (C=O) groups excluding carboxylic acids is 1. The van der Waals surface area contributed by atoms with Gasteiger partial charge in [0.1, 0.15) is 0 Å². The Bertz CT molecular complexity index is 334. The molecule has 1 rings (SSSR count). The average Bonchev–Trinajstić information content (AvgIpc) is 2.36. The lowest BCUT2D eigenvalue weighted by Crippen LogP contribution is -2.28. The Labute approximate surface area is 105 Å². The maximum atomic E-state index is 12.0. The monoisotopic (exact) mass is 233 g/mol. The summed E-state index contributed by atoms with van der Waals surface area (Å²) in [5, 5.41) is 0. The zero-order valence-corrected chi connectivity index (χ0v) is 11.1. The third-order valence-electron chi connectivity index (χ3n) is 3.12. The molecule has 0 aliphatic rings. The first kappa shape index (κ1) is 13.8. The van der Waals surface area contributed by atoms with Crippen LogP contribution in [0.4, 0.5) is 0 Å². The summed E-state index contributed by atoms with van der Waals surface area (Å²) in [7, 11) is 1.90. The molecule has 0 saturated heterocycles. The lowest BCUT2D eigenvalue weighted by Gasteiger charge is -2.19. The number of amides is 1. The van der Waals surface area contributed by atoms with E-state index in [1.165, 1.54) is 5.56 Å². The van der Waals surface area contributed by atoms with Gasteiger partial charge >= 0.3 is 0 Å². The van der Waals surface area contributed by atoms with E-state index in [1.807, 2.05) is 30.1 Å². The third-order valence-corrected chi connectivity index (χ3v) is 3.12. The smallest absolute Gasteiger partial charge is 0.222 e. The van der Waals surface area contributed by atoms with Gasteiger partial charge in [-0.15, -0.1) is 0 Å². The zero-order valence-electron chi connectivity index (χ0n) is 11.1. The van der Waals surface area contributed by atoms with Crippen LogP contribution in [0, 0.1) is 0 Å². The summed E-state index contributed by atoms with van der Waals surface area (Å²) < 4.78 is 0. The lowest BCUT2D eigenvalue weighted by atomic mass is 9.97. The van der Waals surface area contributed by atoms with Crippen molar-refractivity contribution < 1.29 is 4.79 Å². The predicted molar refractivity (Wildman–Crippen MR) is 72.0 cm³/mol. The van der Waals surface area contributed by atoms with E-state index in [0.29, 0.717) is 12.3 Å². The van der Waals surface area contributed by atoms with Gasteiger partial charge in [0.25, 0.3) is 0 Å². The second-order valence-electron chi connectivity index (χ2n) is 4.68. The highest BCUT2D eigenvalue weighted by Crippen LogP contribution is 2.19. The number of nitrogens with zero attached hydrogens (tertiary/aromatic N) is 1. The molecular formula is C15H23NO. The standard InChI is InChI=1S/C15H23NO/c1-4-5-11-16(3)15(17)12-13(2)14-9-7-6-8-10-14/h6-10,13H,4-5,11-12H2,1-3H3. The molecule has 0 spiro atoms. The van der Waals surface area contributed by atoms with Gasteiger partial charge in [0.05, 0.1) is 0 Å². The van der Waals surface area contributed by atoms with Crippen molar-refractivity contribution in [3.8, 4) is 0 Å². The molecule has 0 saturated carbocycles. The molecule has 1 atom stereocenters. The number of rotatable bonds is 6. The van der Waals surface area contributed by atoms with E-state index in [-0.39, 0.29) is 5.91 Å². The first-order chi connectivity index (χ1) is 8.15. The van der Waals surface area contributed by atoms with Gasteiger partial charge in [-0.3, -0.25) is 4.79 Å². The third kappa shape index (κ3) is 4.59. The van der Waals surface area contributed by atoms with Gasteiger partial charge in [-0.05, 0) is 17.9 Å². The van der Waals surface area contributed by atoms with Gasteiger partial charge < -0.3 is 4.90 Å². The second-order valence-corrected chi connectivity index (χ2v) is 4.68. The SMILES string of the molecule is CCCCN(C)C(=O)CC(C)c1ccccc1. The average molecular weight is 233 g/mol. The van der Waals surface area contributed by atoms with E-state index in [9.17, 15) is 4.79 Å². The Balaban J connectivity index is 2.46. The maximum Gasteiger partial charge on any atom is 0.222 e. The molecular weight excluding hydrogens is 210 g/mol. The van der Waals surface area contributed by atoms with Crippen LogP contribution >= 0.6 is 0 Å². The minimum absolute atomic E-state index is 0.245. The van der Waals surface area contributed by atoms with Crippen LogP contribution in [0.3, 0.4) is 0 Å². The minimum Gasteiger partial charge on any atom is -0.346 e. The summed E-state index contributed by atoms with van der Waals surface area (Å²) in [5.41, 5.74) is 1.24. The van der Waals surface area contributed by atoms with E-state index in [4.69, 9.17) is 0 Å². The largest absolute Gasteiger partial charge is 0.346 e. The van der Waals surface area contributed by atoms with E-state index in [1.54, 1.807) is 0 Å². The van der Waals surface area contributed by atoms with Crippen molar-refractivity contribution in [1.29, 1.82) is 0 Å². The Morgan fingerprint density at radius 3 is 2.53 bits per heavy atom. The predicted octanol–water partition coefficient (Wildman–Crippen LogP) is 3.44. The summed E-state index contributed by atoms with van der Waals surface area (Å²) >= 11 is 0. The van der Waals surface area contributed by atoms with Gasteiger partial charge in [-0.25, -0.2) is 0 Å². The normalized spacial score (nSPS) is 12.2. The lowest BCUT2D eigenvalue weighted by molar-refractivity contribution is -0.130. The highest BCUT2D eigenvalue weighted by Gasteiger charge is 2.14. The van der Waals surface area contributed by atoms with Crippen LogP contribution in [-0.2, 0) is 4.79 Å². The van der Waals surface area contributed by atoms with Crippen LogP contribution in [-0.4, -0.2) is 24.4 Å². The molecule has 2 heteroatoms. The van der Waals surface area contributed by atoms with Gasteiger partial charge in [-0.2, -0.15) is 0 Å². The van der Waals surface area contributed by atoms with E-state index in [0.717, 1.165) is 19.4 Å². The maximum absolute atomic E-state index is 12.0. The number of unbranched alkanes of at least 4 members (excludes halogenated alkanes) is 1. The Morgan fingerprint density at radius 1 is 1.29 bits per heavy atom. The summed E-state index contributed by atoms with van der Waals surface area (Å²) in [6, 6.07) is 10.2. The molecule has 1 amide bonds. The fourth-order valence-electron chi connectivity index (χ4n) is 1.84. The summed E-state index contributed by atoms with van der Waals surface area (Å²) in [4.78, 5) is 13.8. The molecule has 17 heavy (non-hydrogen) atoms. The molecule has 0 bridgehead atoms. The fourth-order valence-corrected chi connectivity index (χ4v) is 1.84. The van der Waals surface area contributed by atoms with Crippen molar-refractivity contribution >= 4 is 5.91 Å². The second kappa shape index (κ2) is 7.10. The Hall–Kier alpha value is -1.31. The Kier molecular flexibility index (Phi) is 5.75. The van der Waals surface area contributed by atoms with Crippen molar-refractivity contribution in [2.45, 2.75) is 39.0 Å². The van der Waals surface area contributed by atoms with Gasteiger partial charge in [0.15, 0.2) is 0 Å². The van der Waals surface area contributed by atoms with Crippen LogP contribution in [0.25, 0.3) is 0 Å². The van der Waals surface area contributed by atoms with Crippen LogP contribution in [0.2, 0.25) is 0 Å². The number of hydrogen-bond acceptors (Lipinski definition) is 1.